The highest BCUT2D eigenvalue weighted by Crippen LogP contribution is 2.39. The van der Waals surface area contributed by atoms with Crippen molar-refractivity contribution in [1.29, 1.82) is 0 Å². The molecular weight excluding hydrogens is 360 g/mol. The Morgan fingerprint density at radius 3 is 2.86 bits per heavy atom. The van der Waals surface area contributed by atoms with Gasteiger partial charge in [0.25, 0.3) is 5.91 Å². The molecule has 0 fully saturated rings. The molecule has 2 heterocycles. The number of amidine groups is 1. The number of nitrogens with zero attached hydrogens (tertiary/aromatic N) is 2. The van der Waals surface area contributed by atoms with Gasteiger partial charge in [-0.1, -0.05) is 68.1 Å². The molecule has 0 saturated carbocycles. The van der Waals surface area contributed by atoms with E-state index < -0.39 is 5.54 Å². The standard InChI is InChI=1S/C25H26N2O2/c1-3-16-29-22-10-7-15-27-23(22)26-24(28)25(27,17-20-8-5-4-6-9-20)18-21-13-11-19(2)12-14-21/h3-11,13-15,19H,1,12,16-18H2,2H3. The summed E-state index contributed by atoms with van der Waals surface area (Å²) in [5.41, 5.74) is 1.50. The molecule has 0 spiro atoms. The molecule has 4 rings (SSSR count). The molecule has 4 heteroatoms. The van der Waals surface area contributed by atoms with Crippen LogP contribution in [0, 0.1) is 5.92 Å². The third-order valence-corrected chi connectivity index (χ3v) is 5.58. The van der Waals surface area contributed by atoms with Gasteiger partial charge in [-0.25, -0.2) is 0 Å². The molecule has 0 radical (unpaired) electrons. The van der Waals surface area contributed by atoms with E-state index in [-0.39, 0.29) is 5.91 Å². The van der Waals surface area contributed by atoms with E-state index in [0.717, 1.165) is 12.0 Å². The number of allylic oxidation sites excluding steroid dienone is 5. The topological polar surface area (TPSA) is 41.9 Å². The maximum absolute atomic E-state index is 13.4. The van der Waals surface area contributed by atoms with Crippen molar-refractivity contribution in [2.45, 2.75) is 31.7 Å². The van der Waals surface area contributed by atoms with Gasteiger partial charge in [-0.2, -0.15) is 4.99 Å². The molecule has 29 heavy (non-hydrogen) atoms. The van der Waals surface area contributed by atoms with Crippen molar-refractivity contribution in [1.82, 2.24) is 4.90 Å². The monoisotopic (exact) mass is 386 g/mol. The molecule has 0 bridgehead atoms. The van der Waals surface area contributed by atoms with Crippen molar-refractivity contribution in [3.8, 4) is 0 Å². The van der Waals surface area contributed by atoms with Gasteiger partial charge in [0.05, 0.1) is 0 Å². The van der Waals surface area contributed by atoms with Gasteiger partial charge in [-0.3, -0.25) is 4.79 Å². The van der Waals surface area contributed by atoms with E-state index >= 15 is 0 Å². The predicted octanol–water partition coefficient (Wildman–Crippen LogP) is 4.73. The highest BCUT2D eigenvalue weighted by atomic mass is 16.5. The van der Waals surface area contributed by atoms with Crippen LogP contribution in [0.2, 0.25) is 0 Å². The minimum atomic E-state index is -0.791. The number of amides is 1. The van der Waals surface area contributed by atoms with Crippen LogP contribution in [0.15, 0.2) is 95.9 Å². The molecule has 2 unspecified atom stereocenters. The van der Waals surface area contributed by atoms with Gasteiger partial charge in [-0.05, 0) is 35.6 Å². The number of carbonyl (C=O) groups excluding carboxylic acids is 1. The minimum absolute atomic E-state index is 0.121. The summed E-state index contributed by atoms with van der Waals surface area (Å²) < 4.78 is 5.78. The zero-order valence-corrected chi connectivity index (χ0v) is 16.8. The van der Waals surface area contributed by atoms with Crippen molar-refractivity contribution in [3.05, 3.63) is 96.5 Å². The van der Waals surface area contributed by atoms with Crippen LogP contribution in [-0.2, 0) is 16.0 Å². The van der Waals surface area contributed by atoms with Crippen molar-refractivity contribution in [2.24, 2.45) is 10.9 Å². The largest absolute Gasteiger partial charge is 0.486 e. The number of aliphatic imine (C=N–C) groups is 1. The van der Waals surface area contributed by atoms with Gasteiger partial charge < -0.3 is 9.64 Å². The van der Waals surface area contributed by atoms with E-state index in [9.17, 15) is 4.79 Å². The summed E-state index contributed by atoms with van der Waals surface area (Å²) in [6.45, 7) is 6.28. The first-order chi connectivity index (χ1) is 14.1. The second-order valence-corrected chi connectivity index (χ2v) is 7.80. The molecule has 1 aromatic carbocycles. The van der Waals surface area contributed by atoms with Crippen LogP contribution in [0.25, 0.3) is 0 Å². The van der Waals surface area contributed by atoms with Crippen molar-refractivity contribution >= 4 is 11.7 Å². The van der Waals surface area contributed by atoms with Gasteiger partial charge >= 0.3 is 0 Å². The van der Waals surface area contributed by atoms with Crippen molar-refractivity contribution in [3.63, 3.8) is 0 Å². The number of hydrogen-bond acceptors (Lipinski definition) is 3. The lowest BCUT2D eigenvalue weighted by Gasteiger charge is -2.38. The number of hydrogen-bond donors (Lipinski definition) is 0. The van der Waals surface area contributed by atoms with Crippen LogP contribution in [0.5, 0.6) is 0 Å². The smallest absolute Gasteiger partial charge is 0.274 e. The highest BCUT2D eigenvalue weighted by Gasteiger charge is 2.51. The van der Waals surface area contributed by atoms with Crippen molar-refractivity contribution in [2.75, 3.05) is 6.61 Å². The maximum atomic E-state index is 13.4. The summed E-state index contributed by atoms with van der Waals surface area (Å²) in [5.74, 6) is 1.61. The first-order valence-corrected chi connectivity index (χ1v) is 10.1. The minimum Gasteiger partial charge on any atom is -0.486 e. The van der Waals surface area contributed by atoms with Crippen LogP contribution >= 0.6 is 0 Å². The van der Waals surface area contributed by atoms with Crippen LogP contribution in [-0.4, -0.2) is 28.8 Å². The Kier molecular flexibility index (Phi) is 5.34. The van der Waals surface area contributed by atoms with Gasteiger partial charge in [-0.15, -0.1) is 0 Å². The van der Waals surface area contributed by atoms with Gasteiger partial charge in [0.2, 0.25) is 0 Å². The summed E-state index contributed by atoms with van der Waals surface area (Å²) in [4.78, 5) is 19.9. The van der Waals surface area contributed by atoms with E-state index in [1.807, 2.05) is 41.5 Å². The lowest BCUT2D eigenvalue weighted by molar-refractivity contribution is -0.124. The lowest BCUT2D eigenvalue weighted by atomic mass is 9.81. The Labute approximate surface area is 172 Å². The normalized spacial score (nSPS) is 25.3. The summed E-state index contributed by atoms with van der Waals surface area (Å²) >= 11 is 0. The molecule has 1 aliphatic carbocycles. The Balaban J connectivity index is 1.70. The second kappa shape index (κ2) is 8.08. The SMILES string of the molecule is C=CCOC1=CC=CN2C1=NC(=O)C2(CC1=CCC(C)C=C1)Cc1ccccc1. The molecule has 3 aliphatic rings. The Morgan fingerprint density at radius 2 is 2.14 bits per heavy atom. The first kappa shape index (κ1) is 19.2. The van der Waals surface area contributed by atoms with Crippen LogP contribution in [0.1, 0.15) is 25.3 Å². The molecule has 2 atom stereocenters. The fraction of sp³-hybridized carbons (Fsp3) is 0.280. The average molecular weight is 386 g/mol. The number of carbonyl (C=O) groups is 1. The summed E-state index contributed by atoms with van der Waals surface area (Å²) in [7, 11) is 0. The predicted molar refractivity (Wildman–Crippen MR) is 116 cm³/mol. The number of rotatable bonds is 7. The molecule has 1 amide bonds. The van der Waals surface area contributed by atoms with Gasteiger partial charge in [0.1, 0.15) is 12.1 Å². The van der Waals surface area contributed by atoms with Gasteiger partial charge in [0.15, 0.2) is 11.6 Å². The second-order valence-electron chi connectivity index (χ2n) is 7.80. The quantitative estimate of drug-likeness (QED) is 0.636. The number of ether oxygens (including phenoxy) is 1. The van der Waals surface area contributed by atoms with Crippen LogP contribution in [0.3, 0.4) is 0 Å². The molecule has 2 aliphatic heterocycles. The molecule has 4 nitrogen and oxygen atoms in total. The van der Waals surface area contributed by atoms with E-state index in [1.54, 1.807) is 6.08 Å². The maximum Gasteiger partial charge on any atom is 0.274 e. The zero-order chi connectivity index (χ0) is 20.3. The number of fused-ring (bicyclic) bond motifs is 1. The molecular formula is C25H26N2O2. The average Bonchev–Trinajstić information content (AvgIpc) is 3.01. The molecule has 0 saturated heterocycles. The van der Waals surface area contributed by atoms with Gasteiger partial charge in [0, 0.05) is 19.0 Å². The highest BCUT2D eigenvalue weighted by molar-refractivity contribution is 6.14. The van der Waals surface area contributed by atoms with E-state index in [4.69, 9.17) is 4.74 Å². The molecule has 0 N–H and O–H groups in total. The molecule has 0 aromatic heterocycles. The Hall–Kier alpha value is -3.14. The van der Waals surface area contributed by atoms with E-state index in [2.05, 4.69) is 48.9 Å². The van der Waals surface area contributed by atoms with E-state index in [0.29, 0.717) is 37.0 Å². The number of benzene rings is 1. The summed E-state index contributed by atoms with van der Waals surface area (Å²) in [6, 6.07) is 10.2. The first-order valence-electron chi connectivity index (χ1n) is 10.1. The summed E-state index contributed by atoms with van der Waals surface area (Å²) in [6.07, 6.45) is 16.2. The lowest BCUT2D eigenvalue weighted by Crippen LogP contribution is -2.52. The molecule has 1 aromatic rings. The Bertz CT molecular complexity index is 952. The summed E-state index contributed by atoms with van der Waals surface area (Å²) in [5, 5.41) is 0. The zero-order valence-electron chi connectivity index (χ0n) is 16.8. The van der Waals surface area contributed by atoms with E-state index in [1.165, 1.54) is 5.57 Å². The Morgan fingerprint density at radius 1 is 1.31 bits per heavy atom. The third kappa shape index (κ3) is 3.75. The fourth-order valence-electron chi connectivity index (χ4n) is 4.06. The molecule has 148 valence electrons. The van der Waals surface area contributed by atoms with Crippen molar-refractivity contribution < 1.29 is 9.53 Å². The third-order valence-electron chi connectivity index (χ3n) is 5.58. The fourth-order valence-corrected chi connectivity index (χ4v) is 4.06. The van der Waals surface area contributed by atoms with Crippen LogP contribution in [0.4, 0.5) is 0 Å². The van der Waals surface area contributed by atoms with Crippen LogP contribution < -0.4 is 0 Å².